The van der Waals surface area contributed by atoms with Crippen LogP contribution >= 0.6 is 11.3 Å². The number of anilines is 1. The molecule has 0 aromatic carbocycles. The van der Waals surface area contributed by atoms with Gasteiger partial charge in [-0.1, -0.05) is 18.9 Å². The van der Waals surface area contributed by atoms with Gasteiger partial charge < -0.3 is 10.2 Å². The molecule has 1 saturated carbocycles. The van der Waals surface area contributed by atoms with Crippen LogP contribution < -0.4 is 10.2 Å². The standard InChI is InChI=1S/C18H23N3OS/c1-21(2)16-10-9-14(12-19-16)18(22)20-17(13-6-3-4-7-13)15-8-5-11-23-15/h5,8-13,17H,3-4,6-7H2,1-2H3,(H,20,22)/t17-/m0/s1. The summed E-state index contributed by atoms with van der Waals surface area (Å²) in [4.78, 5) is 20.1. The molecule has 0 bridgehead atoms. The molecule has 3 rings (SSSR count). The first-order chi connectivity index (χ1) is 11.1. The zero-order valence-electron chi connectivity index (χ0n) is 13.7. The Bertz CT molecular complexity index is 631. The molecule has 1 aliphatic carbocycles. The van der Waals surface area contributed by atoms with E-state index in [1.165, 1.54) is 30.6 Å². The maximum atomic E-state index is 12.6. The van der Waals surface area contributed by atoms with Gasteiger partial charge in [-0.3, -0.25) is 4.79 Å². The SMILES string of the molecule is CN(C)c1ccc(C(=O)N[C@H](c2cccs2)C2CCCC2)cn1. The van der Waals surface area contributed by atoms with E-state index in [1.807, 2.05) is 31.1 Å². The molecule has 1 aliphatic rings. The molecule has 122 valence electrons. The average Bonchev–Trinajstić information content (AvgIpc) is 3.26. The number of carbonyl (C=O) groups is 1. The second kappa shape index (κ2) is 7.13. The third-order valence-corrected chi connectivity index (χ3v) is 5.43. The highest BCUT2D eigenvalue weighted by molar-refractivity contribution is 7.10. The van der Waals surface area contributed by atoms with Crippen molar-refractivity contribution in [3.05, 3.63) is 46.3 Å². The van der Waals surface area contributed by atoms with Gasteiger partial charge in [0, 0.05) is 25.2 Å². The lowest BCUT2D eigenvalue weighted by atomic mass is 9.96. The molecular formula is C18H23N3OS. The van der Waals surface area contributed by atoms with Gasteiger partial charge in [-0.2, -0.15) is 0 Å². The fraction of sp³-hybridized carbons (Fsp3) is 0.444. The molecule has 1 N–H and O–H groups in total. The highest BCUT2D eigenvalue weighted by atomic mass is 32.1. The number of nitrogens with one attached hydrogen (secondary N) is 1. The summed E-state index contributed by atoms with van der Waals surface area (Å²) >= 11 is 1.72. The van der Waals surface area contributed by atoms with Crippen LogP contribution in [-0.2, 0) is 0 Å². The molecule has 1 amide bonds. The zero-order valence-corrected chi connectivity index (χ0v) is 14.5. The van der Waals surface area contributed by atoms with Gasteiger partial charge in [-0.05, 0) is 42.3 Å². The van der Waals surface area contributed by atoms with E-state index in [2.05, 4.69) is 27.8 Å². The molecule has 23 heavy (non-hydrogen) atoms. The molecule has 2 aromatic rings. The molecule has 2 heterocycles. The van der Waals surface area contributed by atoms with Crippen molar-refractivity contribution in [2.45, 2.75) is 31.7 Å². The van der Waals surface area contributed by atoms with Crippen LogP contribution in [0.25, 0.3) is 0 Å². The first kappa shape index (κ1) is 16.0. The Morgan fingerprint density at radius 3 is 2.65 bits per heavy atom. The quantitative estimate of drug-likeness (QED) is 0.905. The minimum atomic E-state index is -0.0342. The molecule has 1 atom stereocenters. The fourth-order valence-electron chi connectivity index (χ4n) is 3.19. The van der Waals surface area contributed by atoms with Crippen molar-refractivity contribution in [3.8, 4) is 0 Å². The van der Waals surface area contributed by atoms with Crippen LogP contribution in [0.2, 0.25) is 0 Å². The third-order valence-electron chi connectivity index (χ3n) is 4.48. The van der Waals surface area contributed by atoms with Crippen molar-refractivity contribution in [3.63, 3.8) is 0 Å². The Morgan fingerprint density at radius 1 is 1.30 bits per heavy atom. The fourth-order valence-corrected chi connectivity index (χ4v) is 4.06. The lowest BCUT2D eigenvalue weighted by Gasteiger charge is -2.24. The van der Waals surface area contributed by atoms with E-state index in [0.717, 1.165) is 5.82 Å². The maximum Gasteiger partial charge on any atom is 0.253 e. The van der Waals surface area contributed by atoms with Crippen LogP contribution in [0.5, 0.6) is 0 Å². The molecule has 1 fully saturated rings. The van der Waals surface area contributed by atoms with Crippen molar-refractivity contribution in [1.29, 1.82) is 0 Å². The minimum absolute atomic E-state index is 0.0342. The number of rotatable bonds is 5. The molecule has 4 nitrogen and oxygen atoms in total. The predicted molar refractivity (Wildman–Crippen MR) is 95.0 cm³/mol. The van der Waals surface area contributed by atoms with Gasteiger partial charge in [0.05, 0.1) is 11.6 Å². The first-order valence-electron chi connectivity index (χ1n) is 8.13. The topological polar surface area (TPSA) is 45.2 Å². The van der Waals surface area contributed by atoms with E-state index < -0.39 is 0 Å². The average molecular weight is 329 g/mol. The number of aromatic nitrogens is 1. The summed E-state index contributed by atoms with van der Waals surface area (Å²) in [5.74, 6) is 1.37. The molecule has 0 unspecified atom stereocenters. The number of carbonyl (C=O) groups excluding carboxylic acids is 1. The zero-order chi connectivity index (χ0) is 16.2. The van der Waals surface area contributed by atoms with E-state index >= 15 is 0 Å². The normalized spacial score (nSPS) is 16.3. The summed E-state index contributed by atoms with van der Waals surface area (Å²) in [7, 11) is 3.88. The van der Waals surface area contributed by atoms with Gasteiger partial charge in [0.25, 0.3) is 5.91 Å². The number of pyridine rings is 1. The van der Waals surface area contributed by atoms with Crippen molar-refractivity contribution in [2.24, 2.45) is 5.92 Å². The first-order valence-corrected chi connectivity index (χ1v) is 9.01. The van der Waals surface area contributed by atoms with E-state index in [4.69, 9.17) is 0 Å². The van der Waals surface area contributed by atoms with Gasteiger partial charge >= 0.3 is 0 Å². The minimum Gasteiger partial charge on any atom is -0.363 e. The van der Waals surface area contributed by atoms with Crippen LogP contribution in [0.3, 0.4) is 0 Å². The molecule has 0 radical (unpaired) electrons. The summed E-state index contributed by atoms with van der Waals surface area (Å²) < 4.78 is 0. The summed E-state index contributed by atoms with van der Waals surface area (Å²) in [6.45, 7) is 0. The lowest BCUT2D eigenvalue weighted by Crippen LogP contribution is -2.32. The largest absolute Gasteiger partial charge is 0.363 e. The second-order valence-corrected chi connectivity index (χ2v) is 7.29. The number of thiophene rings is 1. The lowest BCUT2D eigenvalue weighted by molar-refractivity contribution is 0.0922. The number of nitrogens with zero attached hydrogens (tertiary/aromatic N) is 2. The van der Waals surface area contributed by atoms with Crippen LogP contribution in [0.4, 0.5) is 5.82 Å². The van der Waals surface area contributed by atoms with Crippen molar-refractivity contribution in [2.75, 3.05) is 19.0 Å². The van der Waals surface area contributed by atoms with Gasteiger partial charge in [0.2, 0.25) is 0 Å². The highest BCUT2D eigenvalue weighted by Crippen LogP contribution is 2.37. The summed E-state index contributed by atoms with van der Waals surface area (Å²) in [6, 6.07) is 8.03. The predicted octanol–water partition coefficient (Wildman–Crippen LogP) is 3.87. The van der Waals surface area contributed by atoms with Crippen molar-refractivity contribution >= 4 is 23.1 Å². The molecule has 0 spiro atoms. The number of hydrogen-bond acceptors (Lipinski definition) is 4. The van der Waals surface area contributed by atoms with Gasteiger partial charge in [-0.15, -0.1) is 11.3 Å². The Balaban J connectivity index is 1.75. The van der Waals surface area contributed by atoms with E-state index in [0.29, 0.717) is 11.5 Å². The third kappa shape index (κ3) is 3.72. The molecule has 5 heteroatoms. The Labute approximate surface area is 141 Å². The van der Waals surface area contributed by atoms with Crippen molar-refractivity contribution < 1.29 is 4.79 Å². The smallest absolute Gasteiger partial charge is 0.253 e. The highest BCUT2D eigenvalue weighted by Gasteiger charge is 2.28. The Kier molecular flexibility index (Phi) is 4.96. The van der Waals surface area contributed by atoms with E-state index in [-0.39, 0.29) is 11.9 Å². The van der Waals surface area contributed by atoms with Crippen LogP contribution in [-0.4, -0.2) is 25.0 Å². The number of amides is 1. The van der Waals surface area contributed by atoms with Gasteiger partial charge in [-0.25, -0.2) is 4.98 Å². The molecule has 2 aromatic heterocycles. The molecule has 0 saturated heterocycles. The second-order valence-electron chi connectivity index (χ2n) is 6.31. The summed E-state index contributed by atoms with van der Waals surface area (Å²) in [6.07, 6.45) is 6.58. The van der Waals surface area contributed by atoms with Gasteiger partial charge in [0.1, 0.15) is 5.82 Å². The Hall–Kier alpha value is -1.88. The number of hydrogen-bond donors (Lipinski definition) is 1. The van der Waals surface area contributed by atoms with Crippen molar-refractivity contribution in [1.82, 2.24) is 10.3 Å². The molecular weight excluding hydrogens is 306 g/mol. The van der Waals surface area contributed by atoms with E-state index in [1.54, 1.807) is 17.5 Å². The van der Waals surface area contributed by atoms with Crippen LogP contribution in [0.15, 0.2) is 35.8 Å². The maximum absolute atomic E-state index is 12.6. The monoisotopic (exact) mass is 329 g/mol. The van der Waals surface area contributed by atoms with Gasteiger partial charge in [0.15, 0.2) is 0 Å². The van der Waals surface area contributed by atoms with Crippen LogP contribution in [0.1, 0.15) is 47.0 Å². The van der Waals surface area contributed by atoms with Crippen LogP contribution in [0, 0.1) is 5.92 Å². The summed E-state index contributed by atoms with van der Waals surface area (Å²) in [5, 5.41) is 5.32. The Morgan fingerprint density at radius 2 is 2.09 bits per heavy atom. The molecule has 0 aliphatic heterocycles. The summed E-state index contributed by atoms with van der Waals surface area (Å²) in [5.41, 5.74) is 0.621. The van der Waals surface area contributed by atoms with E-state index in [9.17, 15) is 4.79 Å².